The number of carbonyl (C=O) groups is 7. The fourth-order valence-electron chi connectivity index (χ4n) is 3.80. The molecule has 0 aromatic carbocycles. The molecule has 0 saturated heterocycles. The molecule has 0 aliphatic heterocycles. The monoisotopic (exact) mass is 742 g/mol. The summed E-state index contributed by atoms with van der Waals surface area (Å²) in [5.74, 6) is 1.46. The molecule has 0 rings (SSSR count). The van der Waals surface area contributed by atoms with Crippen LogP contribution in [0.2, 0.25) is 0 Å². The maximum atomic E-state index is 12.9. The molecule has 0 aliphatic carbocycles. The second-order valence-electron chi connectivity index (χ2n) is 11.2. The Labute approximate surface area is 304 Å². The number of amides is 1. The predicted octanol–water partition coefficient (Wildman–Crippen LogP) is 4.42. The summed E-state index contributed by atoms with van der Waals surface area (Å²) in [6, 6.07) is -0.589. The van der Waals surface area contributed by atoms with Crippen molar-refractivity contribution in [3.63, 3.8) is 0 Å². The summed E-state index contributed by atoms with van der Waals surface area (Å²) in [6.45, 7) is 11.3. The van der Waals surface area contributed by atoms with Gasteiger partial charge in [0.1, 0.15) is 6.04 Å². The van der Waals surface area contributed by atoms with Crippen LogP contribution in [0.3, 0.4) is 0 Å². The van der Waals surface area contributed by atoms with Gasteiger partial charge in [-0.3, -0.25) is 44.4 Å². The number of hydrogen-bond acceptors (Lipinski definition) is 11. The molecule has 0 radical (unpaired) electrons. The van der Waals surface area contributed by atoms with Gasteiger partial charge in [0.2, 0.25) is 5.91 Å². The summed E-state index contributed by atoms with van der Waals surface area (Å²) >= 11 is 0. The number of unbranched alkanes of at least 4 members (excludes halogenated alkanes) is 12. The summed E-state index contributed by atoms with van der Waals surface area (Å²) in [5, 5.41) is 41.6. The molecule has 1 atom stereocenters. The van der Waals surface area contributed by atoms with E-state index in [4.69, 9.17) is 61.1 Å². The van der Waals surface area contributed by atoms with E-state index in [9.17, 15) is 9.59 Å². The molecular formula is C34H71N5O12. The number of hydrogen-bond donors (Lipinski definition) is 9. The van der Waals surface area contributed by atoms with E-state index in [1.165, 1.54) is 62.8 Å². The summed E-state index contributed by atoms with van der Waals surface area (Å²) < 4.78 is 0. The van der Waals surface area contributed by atoms with Gasteiger partial charge < -0.3 is 36.6 Å². The van der Waals surface area contributed by atoms with E-state index in [1.807, 2.05) is 0 Å². The highest BCUT2D eigenvalue weighted by Gasteiger charge is 2.28. The van der Waals surface area contributed by atoms with Crippen molar-refractivity contribution in [2.24, 2.45) is 11.6 Å². The van der Waals surface area contributed by atoms with Gasteiger partial charge in [-0.25, -0.2) is 0 Å². The highest BCUT2D eigenvalue weighted by atomic mass is 16.4. The standard InChI is InChI=1S/C24H51N5O2.5C2H4O2/c1-3-5-7-9-11-13-15-17-23(30)22(21-27-20-19-25)29(28-26)24(31)18-16-14-12-10-8-6-4-2;5*1-2(3)4/h22,27-28H,3-21,25-26H2,1-2H3;5*1H3,(H,3,4). The Morgan fingerprint density at radius 1 is 0.549 bits per heavy atom. The number of Topliss-reactive ketones (excluding diaryl/α,β-unsaturated/α-hetero) is 1. The lowest BCUT2D eigenvalue weighted by atomic mass is 10.0. The SMILES string of the molecule is CC(=O)O.CC(=O)O.CC(=O)O.CC(=O)O.CC(=O)O.CCCCCCCCCC(=O)C(CNCCN)N(NN)C(=O)CCCCCCCCC. The lowest BCUT2D eigenvalue weighted by Gasteiger charge is -2.30. The van der Waals surface area contributed by atoms with E-state index < -0.39 is 35.9 Å². The summed E-state index contributed by atoms with van der Waals surface area (Å²) in [5.41, 5.74) is 8.06. The van der Waals surface area contributed by atoms with Crippen molar-refractivity contribution >= 4 is 41.5 Å². The molecule has 1 amide bonds. The smallest absolute Gasteiger partial charge is 0.300 e. The molecule has 51 heavy (non-hydrogen) atoms. The van der Waals surface area contributed by atoms with Gasteiger partial charge in [0.25, 0.3) is 29.8 Å². The molecule has 0 spiro atoms. The minimum absolute atomic E-state index is 0.0592. The first-order valence-electron chi connectivity index (χ1n) is 17.5. The highest BCUT2D eigenvalue weighted by molar-refractivity contribution is 5.89. The number of rotatable bonds is 23. The molecule has 11 N–H and O–H groups in total. The molecular weight excluding hydrogens is 670 g/mol. The first-order valence-corrected chi connectivity index (χ1v) is 17.5. The number of ketones is 1. The van der Waals surface area contributed by atoms with Gasteiger partial charge in [-0.1, -0.05) is 90.9 Å². The Morgan fingerprint density at radius 3 is 1.14 bits per heavy atom. The van der Waals surface area contributed by atoms with Crippen LogP contribution in [0.25, 0.3) is 0 Å². The molecule has 0 aromatic heterocycles. The van der Waals surface area contributed by atoms with Crippen LogP contribution in [0.4, 0.5) is 0 Å². The van der Waals surface area contributed by atoms with Crippen LogP contribution in [0.5, 0.6) is 0 Å². The molecule has 304 valence electrons. The first kappa shape index (κ1) is 59.5. The number of carbonyl (C=O) groups excluding carboxylic acids is 2. The molecule has 0 fully saturated rings. The Balaban J connectivity index is -0.000000205. The van der Waals surface area contributed by atoms with Crippen LogP contribution < -0.4 is 22.4 Å². The predicted molar refractivity (Wildman–Crippen MR) is 197 cm³/mol. The number of aliphatic carboxylic acids is 5. The normalized spacial score (nSPS) is 9.82. The van der Waals surface area contributed by atoms with Crippen molar-refractivity contribution in [3.8, 4) is 0 Å². The topological polar surface area (TPSA) is 300 Å². The second kappa shape index (κ2) is 48.4. The first-order chi connectivity index (χ1) is 23.8. The summed E-state index contributed by atoms with van der Waals surface area (Å²) in [7, 11) is 0. The van der Waals surface area contributed by atoms with Crippen LogP contribution in [0.15, 0.2) is 0 Å². The molecule has 0 saturated carbocycles. The zero-order valence-electron chi connectivity index (χ0n) is 32.2. The fraction of sp³-hybridized carbons (Fsp3) is 0.794. The molecule has 1 unspecified atom stereocenters. The van der Waals surface area contributed by atoms with Crippen molar-refractivity contribution in [3.05, 3.63) is 0 Å². The van der Waals surface area contributed by atoms with Gasteiger partial charge in [0, 0.05) is 67.1 Å². The molecule has 17 nitrogen and oxygen atoms in total. The van der Waals surface area contributed by atoms with Gasteiger partial charge in [-0.05, 0) is 12.8 Å². The maximum Gasteiger partial charge on any atom is 0.300 e. The minimum Gasteiger partial charge on any atom is -0.481 e. The van der Waals surface area contributed by atoms with Crippen LogP contribution in [0, 0.1) is 0 Å². The molecule has 0 heterocycles. The average Bonchev–Trinajstić information content (AvgIpc) is 2.98. The van der Waals surface area contributed by atoms with Gasteiger partial charge in [-0.2, -0.15) is 5.53 Å². The summed E-state index contributed by atoms with van der Waals surface area (Å²) in [4.78, 5) is 70.6. The Morgan fingerprint density at radius 2 is 0.843 bits per heavy atom. The van der Waals surface area contributed by atoms with Crippen LogP contribution in [-0.2, 0) is 33.6 Å². The number of nitrogens with one attached hydrogen (secondary N) is 2. The maximum absolute atomic E-state index is 12.9. The van der Waals surface area contributed by atoms with Crippen molar-refractivity contribution in [2.75, 3.05) is 19.6 Å². The zero-order valence-corrected chi connectivity index (χ0v) is 32.2. The quantitative estimate of drug-likeness (QED) is 0.0398. The average molecular weight is 742 g/mol. The second-order valence-corrected chi connectivity index (χ2v) is 11.2. The Hall–Kier alpha value is -3.67. The number of carboxylic acids is 5. The lowest BCUT2D eigenvalue weighted by molar-refractivity contribution is -0.143. The van der Waals surface area contributed by atoms with E-state index in [0.29, 0.717) is 32.5 Å². The van der Waals surface area contributed by atoms with Gasteiger partial charge >= 0.3 is 0 Å². The van der Waals surface area contributed by atoms with E-state index in [-0.39, 0.29) is 11.7 Å². The summed E-state index contributed by atoms with van der Waals surface area (Å²) in [6.07, 6.45) is 17.0. The van der Waals surface area contributed by atoms with Gasteiger partial charge in [-0.15, -0.1) is 0 Å². The largest absolute Gasteiger partial charge is 0.481 e. The third-order valence-electron chi connectivity index (χ3n) is 5.77. The highest BCUT2D eigenvalue weighted by Crippen LogP contribution is 2.13. The minimum atomic E-state index is -0.833. The van der Waals surface area contributed by atoms with E-state index in [1.54, 1.807) is 0 Å². The lowest BCUT2D eigenvalue weighted by Crippen LogP contribution is -2.58. The third kappa shape index (κ3) is 82.0. The number of nitrogens with two attached hydrogens (primary N) is 2. The molecule has 0 aromatic rings. The third-order valence-corrected chi connectivity index (χ3v) is 5.77. The van der Waals surface area contributed by atoms with Crippen molar-refractivity contribution < 1.29 is 59.1 Å². The Kier molecular flexibility index (Phi) is 56.5. The number of nitrogens with zero attached hydrogens (tertiary/aromatic N) is 1. The molecule has 0 aliphatic rings. The van der Waals surface area contributed by atoms with E-state index in [0.717, 1.165) is 66.7 Å². The molecule has 0 bridgehead atoms. The van der Waals surface area contributed by atoms with Crippen molar-refractivity contribution in [1.82, 2.24) is 15.9 Å². The van der Waals surface area contributed by atoms with Crippen LogP contribution >= 0.6 is 0 Å². The van der Waals surface area contributed by atoms with E-state index in [2.05, 4.69) is 24.7 Å². The van der Waals surface area contributed by atoms with Gasteiger partial charge in [0.05, 0.1) is 0 Å². The Bertz CT molecular complexity index is 787. The van der Waals surface area contributed by atoms with Crippen molar-refractivity contribution in [2.45, 2.75) is 157 Å². The van der Waals surface area contributed by atoms with E-state index >= 15 is 0 Å². The van der Waals surface area contributed by atoms with Gasteiger partial charge in [0.15, 0.2) is 5.78 Å². The van der Waals surface area contributed by atoms with Crippen molar-refractivity contribution in [1.29, 1.82) is 0 Å². The van der Waals surface area contributed by atoms with Crippen LogP contribution in [-0.4, -0.2) is 97.8 Å². The number of hydrazine groups is 2. The number of carboxylic acid groups (broad SMARTS) is 5. The molecule has 17 heteroatoms. The fourth-order valence-corrected chi connectivity index (χ4v) is 3.80. The van der Waals surface area contributed by atoms with Crippen LogP contribution in [0.1, 0.15) is 151 Å². The zero-order chi connectivity index (χ0) is 41.0.